The molecule has 0 heterocycles. The average Bonchev–Trinajstić information content (AvgIpc) is 2.80. The molecular weight excluding hydrogens is 416 g/mol. The van der Waals surface area contributed by atoms with Crippen molar-refractivity contribution in [2.24, 2.45) is 0 Å². The van der Waals surface area contributed by atoms with Crippen LogP contribution < -0.4 is 0 Å². The van der Waals surface area contributed by atoms with Gasteiger partial charge >= 0.3 is 5.97 Å². The summed E-state index contributed by atoms with van der Waals surface area (Å²) < 4.78 is 5.70. The Kier molecular flexibility index (Phi) is 25.5. The third-order valence-electron chi connectivity index (χ3n) is 6.58. The van der Waals surface area contributed by atoms with Crippen molar-refractivity contribution >= 4 is 5.97 Å². The summed E-state index contributed by atoms with van der Waals surface area (Å²) in [5.74, 6) is -0.717. The van der Waals surface area contributed by atoms with E-state index in [2.05, 4.69) is 6.92 Å². The number of carbonyl (C=O) groups is 1. The lowest BCUT2D eigenvalue weighted by atomic mass is 10.0. The Bertz CT molecular complexity index is 402. The second-order valence-electron chi connectivity index (χ2n) is 9.81. The van der Waals surface area contributed by atoms with Gasteiger partial charge in [0, 0.05) is 13.0 Å². The van der Waals surface area contributed by atoms with Crippen molar-refractivity contribution in [1.82, 2.24) is 0 Å². The minimum absolute atomic E-state index is 0.130. The van der Waals surface area contributed by atoms with E-state index in [-0.39, 0.29) is 13.0 Å². The van der Waals surface area contributed by atoms with Crippen LogP contribution in [0.5, 0.6) is 0 Å². The second kappa shape index (κ2) is 26.0. The average molecular weight is 473 g/mol. The minimum atomic E-state index is -0.717. The summed E-state index contributed by atoms with van der Waals surface area (Å²) in [6.45, 7) is 2.70. The molecule has 0 aromatic rings. The first-order valence-corrected chi connectivity index (χ1v) is 14.2. The molecule has 0 fully saturated rings. The highest BCUT2D eigenvalue weighted by Gasteiger charge is 2.18. The molecule has 2 atom stereocenters. The van der Waals surface area contributed by atoms with Gasteiger partial charge < -0.3 is 20.1 Å². The van der Waals surface area contributed by atoms with E-state index in [1.807, 2.05) is 0 Å². The SMILES string of the molecule is CCCCCCCCCCCCCCCCC(O)[C@H](CO)OCCCCCCCCC(=O)O. The van der Waals surface area contributed by atoms with Gasteiger partial charge in [0.25, 0.3) is 0 Å². The topological polar surface area (TPSA) is 87.0 Å². The van der Waals surface area contributed by atoms with Crippen LogP contribution in [-0.4, -0.2) is 46.7 Å². The molecule has 1 unspecified atom stereocenters. The van der Waals surface area contributed by atoms with Gasteiger partial charge in [-0.25, -0.2) is 0 Å². The highest BCUT2D eigenvalue weighted by molar-refractivity contribution is 5.66. The lowest BCUT2D eigenvalue weighted by Gasteiger charge is -2.21. The third kappa shape index (κ3) is 24.3. The fourth-order valence-electron chi connectivity index (χ4n) is 4.34. The van der Waals surface area contributed by atoms with Crippen LogP contribution in [-0.2, 0) is 9.53 Å². The van der Waals surface area contributed by atoms with Crippen LogP contribution in [0.25, 0.3) is 0 Å². The van der Waals surface area contributed by atoms with Crippen LogP contribution in [0.1, 0.15) is 148 Å². The summed E-state index contributed by atoms with van der Waals surface area (Å²) in [5, 5.41) is 28.4. The molecule has 0 rings (SSSR count). The van der Waals surface area contributed by atoms with Gasteiger partial charge in [-0.05, 0) is 19.3 Å². The smallest absolute Gasteiger partial charge is 0.303 e. The highest BCUT2D eigenvalue weighted by Crippen LogP contribution is 2.15. The van der Waals surface area contributed by atoms with Crippen LogP contribution >= 0.6 is 0 Å². The number of aliphatic hydroxyl groups excluding tert-OH is 2. The number of rotatable bonds is 27. The molecule has 0 saturated heterocycles. The summed E-state index contributed by atoms with van der Waals surface area (Å²) in [7, 11) is 0. The monoisotopic (exact) mass is 472 g/mol. The molecule has 0 radical (unpaired) electrons. The molecule has 0 aromatic carbocycles. The molecule has 0 spiro atoms. The van der Waals surface area contributed by atoms with Crippen molar-refractivity contribution in [1.29, 1.82) is 0 Å². The van der Waals surface area contributed by atoms with E-state index in [0.717, 1.165) is 51.4 Å². The highest BCUT2D eigenvalue weighted by atomic mass is 16.5. The van der Waals surface area contributed by atoms with Crippen molar-refractivity contribution in [2.75, 3.05) is 13.2 Å². The van der Waals surface area contributed by atoms with Crippen molar-refractivity contribution in [3.8, 4) is 0 Å². The fourth-order valence-corrected chi connectivity index (χ4v) is 4.34. The molecule has 0 bridgehead atoms. The number of hydrogen-bond donors (Lipinski definition) is 3. The molecule has 3 N–H and O–H groups in total. The Morgan fingerprint density at radius 2 is 1.09 bits per heavy atom. The molecule has 0 aliphatic heterocycles. The van der Waals surface area contributed by atoms with E-state index < -0.39 is 18.2 Å². The maximum Gasteiger partial charge on any atom is 0.303 e. The molecule has 5 nitrogen and oxygen atoms in total. The molecule has 0 aromatic heterocycles. The number of carboxylic acids is 1. The molecule has 33 heavy (non-hydrogen) atoms. The Balaban J connectivity index is 3.43. The van der Waals surface area contributed by atoms with Crippen LogP contribution in [0, 0.1) is 0 Å². The van der Waals surface area contributed by atoms with Crippen molar-refractivity contribution in [3.63, 3.8) is 0 Å². The number of unbranched alkanes of at least 4 members (excludes halogenated alkanes) is 18. The zero-order chi connectivity index (χ0) is 24.4. The van der Waals surface area contributed by atoms with E-state index in [9.17, 15) is 15.0 Å². The van der Waals surface area contributed by atoms with Crippen molar-refractivity contribution < 1.29 is 24.9 Å². The quantitative estimate of drug-likeness (QED) is 0.108. The number of ether oxygens (including phenoxy) is 1. The lowest BCUT2D eigenvalue weighted by Crippen LogP contribution is -2.32. The van der Waals surface area contributed by atoms with Crippen LogP contribution in [0.4, 0.5) is 0 Å². The minimum Gasteiger partial charge on any atom is -0.481 e. The maximum atomic E-state index is 10.5. The van der Waals surface area contributed by atoms with Gasteiger partial charge in [-0.15, -0.1) is 0 Å². The Labute approximate surface area is 204 Å². The molecule has 0 aliphatic rings. The van der Waals surface area contributed by atoms with E-state index in [1.54, 1.807) is 0 Å². The van der Waals surface area contributed by atoms with Gasteiger partial charge in [0.05, 0.1) is 12.7 Å². The van der Waals surface area contributed by atoms with E-state index in [1.165, 1.54) is 77.0 Å². The second-order valence-corrected chi connectivity index (χ2v) is 9.81. The molecular formula is C28H56O5. The Morgan fingerprint density at radius 3 is 1.55 bits per heavy atom. The van der Waals surface area contributed by atoms with Gasteiger partial charge in [-0.3, -0.25) is 4.79 Å². The summed E-state index contributed by atoms with van der Waals surface area (Å²) >= 11 is 0. The first-order chi connectivity index (χ1) is 16.1. The third-order valence-corrected chi connectivity index (χ3v) is 6.58. The predicted molar refractivity (Wildman–Crippen MR) is 138 cm³/mol. The van der Waals surface area contributed by atoms with Gasteiger partial charge in [0.15, 0.2) is 0 Å². The molecule has 198 valence electrons. The molecule has 0 saturated carbocycles. The van der Waals surface area contributed by atoms with E-state index in [4.69, 9.17) is 9.84 Å². The van der Waals surface area contributed by atoms with Crippen molar-refractivity contribution in [2.45, 2.75) is 160 Å². The molecule has 5 heteroatoms. The normalized spacial score (nSPS) is 13.3. The summed E-state index contributed by atoms with van der Waals surface area (Å²) in [6, 6.07) is 0. The maximum absolute atomic E-state index is 10.5. The predicted octanol–water partition coefficient (Wildman–Crippen LogP) is 7.41. The number of aliphatic carboxylic acids is 1. The van der Waals surface area contributed by atoms with Crippen LogP contribution in [0.2, 0.25) is 0 Å². The number of hydrogen-bond acceptors (Lipinski definition) is 4. The van der Waals surface area contributed by atoms with Gasteiger partial charge in [0.1, 0.15) is 6.10 Å². The number of carboxylic acid groups (broad SMARTS) is 1. The van der Waals surface area contributed by atoms with Crippen LogP contribution in [0.15, 0.2) is 0 Å². The molecule has 0 aliphatic carbocycles. The fraction of sp³-hybridized carbons (Fsp3) is 0.964. The zero-order valence-corrected chi connectivity index (χ0v) is 21.8. The van der Waals surface area contributed by atoms with Crippen LogP contribution in [0.3, 0.4) is 0 Å². The number of aliphatic hydroxyl groups is 2. The van der Waals surface area contributed by atoms with Gasteiger partial charge in [-0.2, -0.15) is 0 Å². The largest absolute Gasteiger partial charge is 0.481 e. The van der Waals surface area contributed by atoms with Crippen molar-refractivity contribution in [3.05, 3.63) is 0 Å². The molecule has 0 amide bonds. The standard InChI is InChI=1S/C28H56O5/c1-2-3-4-5-6-7-8-9-10-11-12-13-16-19-22-26(30)27(25-29)33-24-21-18-15-14-17-20-23-28(31)32/h26-27,29-30H,2-25H2,1H3,(H,31,32)/t26?,27-/m0/s1. The Morgan fingerprint density at radius 1 is 0.667 bits per heavy atom. The first-order valence-electron chi connectivity index (χ1n) is 14.2. The zero-order valence-electron chi connectivity index (χ0n) is 21.8. The first kappa shape index (κ1) is 32.4. The Hall–Kier alpha value is -0.650. The summed E-state index contributed by atoms with van der Waals surface area (Å²) in [5.41, 5.74) is 0. The summed E-state index contributed by atoms with van der Waals surface area (Å²) in [6.07, 6.45) is 24.2. The van der Waals surface area contributed by atoms with E-state index in [0.29, 0.717) is 13.0 Å². The lowest BCUT2D eigenvalue weighted by molar-refractivity contribution is -0.137. The van der Waals surface area contributed by atoms with Gasteiger partial charge in [0.2, 0.25) is 0 Å². The summed E-state index contributed by atoms with van der Waals surface area (Å²) in [4.78, 5) is 10.5. The van der Waals surface area contributed by atoms with E-state index >= 15 is 0 Å². The van der Waals surface area contributed by atoms with Gasteiger partial charge in [-0.1, -0.05) is 122 Å².